The Morgan fingerprint density at radius 1 is 1.27 bits per heavy atom. The van der Waals surface area contributed by atoms with Crippen LogP contribution in [0.2, 0.25) is 0 Å². The van der Waals surface area contributed by atoms with Gasteiger partial charge >= 0.3 is 0 Å². The molecule has 2 atom stereocenters. The largest absolute Gasteiger partial charge is 0.294 e. The molecule has 0 amide bonds. The van der Waals surface area contributed by atoms with Crippen molar-refractivity contribution in [2.75, 3.05) is 0 Å². The number of ketones is 1. The number of nitrogens with one attached hydrogen (secondary N) is 1. The molecule has 1 fully saturated rings. The Morgan fingerprint density at radius 3 is 2.68 bits per heavy atom. The first-order chi connectivity index (χ1) is 10.6. The minimum absolute atomic E-state index is 0.0384. The second-order valence-corrected chi connectivity index (χ2v) is 6.35. The molecular weight excluding hydrogens is 279 g/mol. The summed E-state index contributed by atoms with van der Waals surface area (Å²) in [5.41, 5.74) is 2.55. The number of hydrogen-bond acceptors (Lipinski definition) is 2. The van der Waals surface area contributed by atoms with Crippen molar-refractivity contribution >= 4 is 5.78 Å². The summed E-state index contributed by atoms with van der Waals surface area (Å²) in [5.74, 6) is -0.177. The normalized spacial score (nSPS) is 21.8. The van der Waals surface area contributed by atoms with Gasteiger partial charge in [-0.1, -0.05) is 32.3 Å². The van der Waals surface area contributed by atoms with Crippen LogP contribution in [-0.2, 0) is 0 Å². The molecule has 0 spiro atoms. The van der Waals surface area contributed by atoms with E-state index in [0.717, 1.165) is 30.7 Å². The fourth-order valence-corrected chi connectivity index (χ4v) is 3.36. The molecule has 1 aromatic carbocycles. The second-order valence-electron chi connectivity index (χ2n) is 6.35. The van der Waals surface area contributed by atoms with Gasteiger partial charge in [0.05, 0.1) is 17.0 Å². The van der Waals surface area contributed by atoms with Gasteiger partial charge in [0.25, 0.3) is 0 Å². The Balaban J connectivity index is 1.87. The predicted octanol–water partition coefficient (Wildman–Crippen LogP) is 4.53. The standard InChI is InChI=1S/C18H21FN2O/c1-11-5-3-4-6-14(11)18(22)15-8-7-13(10-16(15)19)17-9-12(2)20-21-17/h7-11,14H,3-6H2,1-2H3,(H,20,21). The smallest absolute Gasteiger partial charge is 0.169 e. The molecular formula is C18H21FN2O. The molecule has 0 bridgehead atoms. The highest BCUT2D eigenvalue weighted by molar-refractivity contribution is 5.98. The van der Waals surface area contributed by atoms with Crippen molar-refractivity contribution in [2.24, 2.45) is 11.8 Å². The Bertz CT molecular complexity index is 692. The van der Waals surface area contributed by atoms with Crippen molar-refractivity contribution in [3.8, 4) is 11.3 Å². The number of carbonyl (C=O) groups excluding carboxylic acids is 1. The van der Waals surface area contributed by atoms with E-state index in [-0.39, 0.29) is 17.3 Å². The number of nitrogens with zero attached hydrogens (tertiary/aromatic N) is 1. The van der Waals surface area contributed by atoms with Gasteiger partial charge in [0.2, 0.25) is 0 Å². The summed E-state index contributed by atoms with van der Waals surface area (Å²) in [6.45, 7) is 3.97. The van der Waals surface area contributed by atoms with E-state index in [0.29, 0.717) is 11.5 Å². The third-order valence-electron chi connectivity index (χ3n) is 4.70. The van der Waals surface area contributed by atoms with Crippen LogP contribution in [-0.4, -0.2) is 16.0 Å². The summed E-state index contributed by atoms with van der Waals surface area (Å²) in [4.78, 5) is 12.6. The lowest BCUT2D eigenvalue weighted by Crippen LogP contribution is -2.26. The lowest BCUT2D eigenvalue weighted by atomic mass is 9.76. The third kappa shape index (κ3) is 2.82. The van der Waals surface area contributed by atoms with E-state index in [9.17, 15) is 9.18 Å². The molecule has 4 heteroatoms. The molecule has 3 rings (SSSR count). The van der Waals surface area contributed by atoms with Crippen LogP contribution >= 0.6 is 0 Å². The number of halogens is 1. The first-order valence-electron chi connectivity index (χ1n) is 7.92. The molecule has 116 valence electrons. The van der Waals surface area contributed by atoms with E-state index in [4.69, 9.17) is 0 Å². The van der Waals surface area contributed by atoms with Crippen molar-refractivity contribution in [2.45, 2.75) is 39.5 Å². The van der Waals surface area contributed by atoms with Crippen molar-refractivity contribution in [3.63, 3.8) is 0 Å². The van der Waals surface area contributed by atoms with E-state index in [1.54, 1.807) is 12.1 Å². The van der Waals surface area contributed by atoms with Crippen LogP contribution in [0, 0.1) is 24.6 Å². The maximum absolute atomic E-state index is 14.4. The number of rotatable bonds is 3. The van der Waals surface area contributed by atoms with E-state index in [1.807, 2.05) is 13.0 Å². The molecule has 2 aromatic rings. The van der Waals surface area contributed by atoms with Crippen LogP contribution in [0.25, 0.3) is 11.3 Å². The van der Waals surface area contributed by atoms with Crippen LogP contribution in [0.15, 0.2) is 24.3 Å². The number of H-pyrrole nitrogens is 1. The molecule has 1 aliphatic rings. The Labute approximate surface area is 129 Å². The number of carbonyl (C=O) groups is 1. The van der Waals surface area contributed by atoms with Crippen molar-refractivity contribution in [3.05, 3.63) is 41.3 Å². The fraction of sp³-hybridized carbons (Fsp3) is 0.444. The molecule has 1 N–H and O–H groups in total. The molecule has 1 aliphatic carbocycles. The predicted molar refractivity (Wildman–Crippen MR) is 84.2 cm³/mol. The van der Waals surface area contributed by atoms with Crippen LogP contribution in [0.4, 0.5) is 4.39 Å². The van der Waals surface area contributed by atoms with Gasteiger partial charge in [-0.2, -0.15) is 5.10 Å². The summed E-state index contributed by atoms with van der Waals surface area (Å²) in [6, 6.07) is 6.69. The topological polar surface area (TPSA) is 45.8 Å². The second kappa shape index (κ2) is 6.03. The fourth-order valence-electron chi connectivity index (χ4n) is 3.36. The van der Waals surface area contributed by atoms with Gasteiger partial charge in [-0.25, -0.2) is 4.39 Å². The van der Waals surface area contributed by atoms with Crippen LogP contribution < -0.4 is 0 Å². The molecule has 2 unspecified atom stereocenters. The van der Waals surface area contributed by atoms with E-state index < -0.39 is 5.82 Å². The number of aromatic nitrogens is 2. The van der Waals surface area contributed by atoms with E-state index in [1.165, 1.54) is 12.5 Å². The molecule has 22 heavy (non-hydrogen) atoms. The Hall–Kier alpha value is -1.97. The molecule has 1 saturated carbocycles. The van der Waals surface area contributed by atoms with Crippen LogP contribution in [0.1, 0.15) is 48.7 Å². The summed E-state index contributed by atoms with van der Waals surface area (Å²) < 4.78 is 14.4. The lowest BCUT2D eigenvalue weighted by Gasteiger charge is -2.27. The van der Waals surface area contributed by atoms with Gasteiger partial charge in [0, 0.05) is 11.5 Å². The van der Waals surface area contributed by atoms with Gasteiger partial charge in [0.1, 0.15) is 5.82 Å². The van der Waals surface area contributed by atoms with Gasteiger partial charge in [0.15, 0.2) is 5.78 Å². The maximum Gasteiger partial charge on any atom is 0.169 e. The zero-order chi connectivity index (χ0) is 15.7. The number of aryl methyl sites for hydroxylation is 1. The number of aromatic amines is 1. The highest BCUT2D eigenvalue weighted by Crippen LogP contribution is 2.33. The zero-order valence-corrected chi connectivity index (χ0v) is 13.0. The quantitative estimate of drug-likeness (QED) is 0.846. The molecule has 0 radical (unpaired) electrons. The average molecular weight is 300 g/mol. The minimum atomic E-state index is -0.437. The van der Waals surface area contributed by atoms with Gasteiger partial charge in [-0.3, -0.25) is 9.89 Å². The summed E-state index contributed by atoms with van der Waals surface area (Å²) in [7, 11) is 0. The third-order valence-corrected chi connectivity index (χ3v) is 4.70. The summed E-state index contributed by atoms with van der Waals surface area (Å²) in [6.07, 6.45) is 4.17. The monoisotopic (exact) mass is 300 g/mol. The zero-order valence-electron chi connectivity index (χ0n) is 13.0. The first kappa shape index (κ1) is 14.9. The maximum atomic E-state index is 14.4. The van der Waals surface area contributed by atoms with E-state index >= 15 is 0 Å². The summed E-state index contributed by atoms with van der Waals surface area (Å²) >= 11 is 0. The SMILES string of the molecule is Cc1cc(-c2ccc(C(=O)C3CCCCC3C)c(F)c2)[nH]n1. The Kier molecular flexibility index (Phi) is 4.10. The average Bonchev–Trinajstić information content (AvgIpc) is 2.93. The van der Waals surface area contributed by atoms with Crippen LogP contribution in [0.5, 0.6) is 0 Å². The molecule has 0 aliphatic heterocycles. The number of hydrogen-bond donors (Lipinski definition) is 1. The highest BCUT2D eigenvalue weighted by Gasteiger charge is 2.30. The molecule has 3 nitrogen and oxygen atoms in total. The Morgan fingerprint density at radius 2 is 2.05 bits per heavy atom. The van der Waals surface area contributed by atoms with E-state index in [2.05, 4.69) is 17.1 Å². The van der Waals surface area contributed by atoms with Crippen molar-refractivity contribution < 1.29 is 9.18 Å². The molecule has 0 saturated heterocycles. The van der Waals surface area contributed by atoms with Gasteiger partial charge in [-0.15, -0.1) is 0 Å². The minimum Gasteiger partial charge on any atom is -0.294 e. The highest BCUT2D eigenvalue weighted by atomic mass is 19.1. The number of benzene rings is 1. The molecule has 1 heterocycles. The van der Waals surface area contributed by atoms with Gasteiger partial charge in [-0.05, 0) is 37.5 Å². The van der Waals surface area contributed by atoms with Crippen LogP contribution in [0.3, 0.4) is 0 Å². The number of Topliss-reactive ketones (excluding diaryl/α,β-unsaturated/α-hetero) is 1. The van der Waals surface area contributed by atoms with Crippen molar-refractivity contribution in [1.82, 2.24) is 10.2 Å². The first-order valence-corrected chi connectivity index (χ1v) is 7.92. The molecule has 1 aromatic heterocycles. The lowest BCUT2D eigenvalue weighted by molar-refractivity contribution is 0.0833. The van der Waals surface area contributed by atoms with Crippen molar-refractivity contribution in [1.29, 1.82) is 0 Å². The van der Waals surface area contributed by atoms with Gasteiger partial charge < -0.3 is 0 Å². The summed E-state index contributed by atoms with van der Waals surface area (Å²) in [5, 5.41) is 6.92.